The number of aliphatic hydroxyl groups is 1. The van der Waals surface area contributed by atoms with E-state index in [1.54, 1.807) is 19.2 Å². The van der Waals surface area contributed by atoms with Gasteiger partial charge in [-0.25, -0.2) is 0 Å². The fraction of sp³-hybridized carbons (Fsp3) is 0.423. The van der Waals surface area contributed by atoms with Crippen molar-refractivity contribution in [1.29, 1.82) is 0 Å². The van der Waals surface area contributed by atoms with Crippen molar-refractivity contribution in [3.63, 3.8) is 0 Å². The van der Waals surface area contributed by atoms with E-state index >= 15 is 0 Å². The van der Waals surface area contributed by atoms with Gasteiger partial charge in [0.15, 0.2) is 11.5 Å². The molecule has 35 heavy (non-hydrogen) atoms. The third kappa shape index (κ3) is 7.35. The van der Waals surface area contributed by atoms with Crippen LogP contribution in [-0.2, 0) is 17.8 Å². The highest BCUT2D eigenvalue weighted by Gasteiger charge is 2.33. The van der Waals surface area contributed by atoms with E-state index in [0.717, 1.165) is 11.1 Å². The number of β-amino-alcohol motifs (C(OH)–C–C–N with tert-alkyl or cyclic N) is 1. The quantitative estimate of drug-likeness (QED) is 0.455. The highest BCUT2D eigenvalue weighted by atomic mass is 35.5. The topological polar surface area (TPSA) is 78.2 Å². The van der Waals surface area contributed by atoms with E-state index in [1.807, 2.05) is 54.3 Å². The zero-order valence-corrected chi connectivity index (χ0v) is 20.9. The molecule has 0 bridgehead atoms. The molecule has 1 aliphatic heterocycles. The van der Waals surface area contributed by atoms with Crippen LogP contribution in [0.3, 0.4) is 0 Å². The van der Waals surface area contributed by atoms with Gasteiger partial charge in [-0.1, -0.05) is 23.7 Å². The Morgan fingerprint density at radius 3 is 2.83 bits per heavy atom. The van der Waals surface area contributed by atoms with Crippen LogP contribution in [0.15, 0.2) is 54.9 Å². The van der Waals surface area contributed by atoms with Gasteiger partial charge in [0.05, 0.1) is 33.1 Å². The third-order valence-corrected chi connectivity index (χ3v) is 5.95. The van der Waals surface area contributed by atoms with Crippen LogP contribution in [0.1, 0.15) is 11.1 Å². The van der Waals surface area contributed by atoms with Crippen LogP contribution in [0.2, 0.25) is 5.02 Å². The molecule has 0 amide bonds. The number of hydrogen-bond donors (Lipinski definition) is 1. The molecule has 1 saturated heterocycles. The van der Waals surface area contributed by atoms with Crippen molar-refractivity contribution in [2.24, 2.45) is 0 Å². The molecule has 0 radical (unpaired) electrons. The Morgan fingerprint density at radius 2 is 2.06 bits per heavy atom. The van der Waals surface area contributed by atoms with E-state index in [0.29, 0.717) is 61.7 Å². The molecule has 0 spiro atoms. The maximum atomic E-state index is 11.2. The van der Waals surface area contributed by atoms with E-state index in [9.17, 15) is 5.11 Å². The van der Waals surface area contributed by atoms with Gasteiger partial charge in [-0.2, -0.15) is 5.10 Å². The molecule has 4 rings (SSSR count). The summed E-state index contributed by atoms with van der Waals surface area (Å²) in [6, 6.07) is 13.0. The van der Waals surface area contributed by atoms with Crippen LogP contribution in [0.25, 0.3) is 0 Å². The lowest BCUT2D eigenvalue weighted by atomic mass is 10.1. The molecule has 8 nitrogen and oxygen atoms in total. The zero-order valence-electron chi connectivity index (χ0n) is 20.2. The average molecular weight is 502 g/mol. The summed E-state index contributed by atoms with van der Waals surface area (Å²) < 4.78 is 24.9. The van der Waals surface area contributed by atoms with Crippen LogP contribution >= 0.6 is 11.6 Å². The minimum absolute atomic E-state index is 0.105. The number of ether oxygens (including phenoxy) is 4. The first kappa shape index (κ1) is 25.3. The van der Waals surface area contributed by atoms with Crippen LogP contribution < -0.4 is 14.2 Å². The Morgan fingerprint density at radius 1 is 1.17 bits per heavy atom. The molecule has 9 heteroatoms. The molecule has 0 saturated carbocycles. The molecule has 1 N–H and O–H groups in total. The summed E-state index contributed by atoms with van der Waals surface area (Å²) in [6.07, 6.45) is 3.81. The summed E-state index contributed by atoms with van der Waals surface area (Å²) in [5, 5.41) is 16.1. The smallest absolute Gasteiger partial charge is 0.161 e. The number of hydrogen-bond acceptors (Lipinski definition) is 7. The van der Waals surface area contributed by atoms with Crippen molar-refractivity contribution < 1.29 is 24.1 Å². The van der Waals surface area contributed by atoms with Crippen LogP contribution in [-0.4, -0.2) is 72.0 Å². The molecule has 2 aromatic carbocycles. The molecule has 1 atom stereocenters. The van der Waals surface area contributed by atoms with Crippen molar-refractivity contribution in [3.8, 4) is 17.2 Å². The normalized spacial score (nSPS) is 18.7. The standard InChI is InChI=1S/C26H32ClN3O5/c1-20-14-28-30(15-20)9-11-34-25-12-21(6-7-24(25)32-2)16-29-8-10-33-18-26(31,17-29)19-35-23-5-3-4-22(27)13-23/h3-7,12-15,31H,8-11,16-19H2,1-2H3. The van der Waals surface area contributed by atoms with Crippen LogP contribution in [0.4, 0.5) is 0 Å². The summed E-state index contributed by atoms with van der Waals surface area (Å²) >= 11 is 6.04. The van der Waals surface area contributed by atoms with Crippen molar-refractivity contribution in [1.82, 2.24) is 14.7 Å². The Bertz CT molecular complexity index is 1110. The maximum absolute atomic E-state index is 11.2. The molecule has 1 fully saturated rings. The minimum atomic E-state index is -1.15. The molecule has 3 aromatic rings. The van der Waals surface area contributed by atoms with Gasteiger partial charge in [-0.3, -0.25) is 9.58 Å². The Kier molecular flexibility index (Phi) is 8.51. The Balaban J connectivity index is 1.37. The summed E-state index contributed by atoms with van der Waals surface area (Å²) in [5.41, 5.74) is 1.02. The number of rotatable bonds is 10. The number of methoxy groups -OCH3 is 1. The monoisotopic (exact) mass is 501 g/mol. The average Bonchev–Trinajstić information content (AvgIpc) is 3.16. The second-order valence-electron chi connectivity index (χ2n) is 8.85. The number of nitrogens with zero attached hydrogens (tertiary/aromatic N) is 3. The first-order valence-corrected chi connectivity index (χ1v) is 12.0. The van der Waals surface area contributed by atoms with Gasteiger partial charge in [0.1, 0.15) is 24.6 Å². The lowest BCUT2D eigenvalue weighted by Crippen LogP contribution is -2.48. The highest BCUT2D eigenvalue weighted by molar-refractivity contribution is 6.30. The summed E-state index contributed by atoms with van der Waals surface area (Å²) in [4.78, 5) is 2.16. The predicted octanol–water partition coefficient (Wildman–Crippen LogP) is 3.57. The molecular formula is C26H32ClN3O5. The van der Waals surface area contributed by atoms with Gasteiger partial charge in [-0.15, -0.1) is 0 Å². The van der Waals surface area contributed by atoms with Gasteiger partial charge >= 0.3 is 0 Å². The van der Waals surface area contributed by atoms with E-state index in [-0.39, 0.29) is 13.2 Å². The van der Waals surface area contributed by atoms with Gasteiger partial charge in [0.25, 0.3) is 0 Å². The van der Waals surface area contributed by atoms with E-state index in [1.165, 1.54) is 0 Å². The number of halogens is 1. The first-order chi connectivity index (χ1) is 16.9. The zero-order chi connectivity index (χ0) is 24.7. The number of aromatic nitrogens is 2. The Hall–Kier alpha value is -2.78. The van der Waals surface area contributed by atoms with Crippen molar-refractivity contribution in [2.75, 3.05) is 46.6 Å². The van der Waals surface area contributed by atoms with Crippen LogP contribution in [0, 0.1) is 6.92 Å². The van der Waals surface area contributed by atoms with E-state index in [2.05, 4.69) is 10.00 Å². The lowest BCUT2D eigenvalue weighted by molar-refractivity contribution is -0.0646. The molecule has 1 aromatic heterocycles. The van der Waals surface area contributed by atoms with Crippen molar-refractivity contribution >= 4 is 11.6 Å². The SMILES string of the molecule is COc1ccc(CN2CCOCC(O)(COc3cccc(Cl)c3)C2)cc1OCCn1cc(C)cn1. The molecule has 2 heterocycles. The van der Waals surface area contributed by atoms with Gasteiger partial charge in [0, 0.05) is 30.9 Å². The summed E-state index contributed by atoms with van der Waals surface area (Å²) in [7, 11) is 1.63. The van der Waals surface area contributed by atoms with Gasteiger partial charge < -0.3 is 24.1 Å². The second kappa shape index (κ2) is 11.8. The fourth-order valence-electron chi connectivity index (χ4n) is 4.02. The molecule has 1 aliphatic rings. The number of aryl methyl sites for hydroxylation is 1. The largest absolute Gasteiger partial charge is 0.493 e. The number of benzene rings is 2. The van der Waals surface area contributed by atoms with Crippen molar-refractivity contribution in [2.45, 2.75) is 25.6 Å². The van der Waals surface area contributed by atoms with E-state index < -0.39 is 5.60 Å². The third-order valence-electron chi connectivity index (χ3n) is 5.72. The Labute approximate surface area is 210 Å². The van der Waals surface area contributed by atoms with Gasteiger partial charge in [0.2, 0.25) is 0 Å². The fourth-order valence-corrected chi connectivity index (χ4v) is 4.20. The lowest BCUT2D eigenvalue weighted by Gasteiger charge is -2.30. The predicted molar refractivity (Wildman–Crippen MR) is 133 cm³/mol. The summed E-state index contributed by atoms with van der Waals surface area (Å²) in [6.45, 7) is 5.69. The maximum Gasteiger partial charge on any atom is 0.161 e. The van der Waals surface area contributed by atoms with Gasteiger partial charge in [-0.05, 0) is 48.4 Å². The molecule has 1 unspecified atom stereocenters. The second-order valence-corrected chi connectivity index (χ2v) is 9.28. The molecule has 188 valence electrons. The van der Waals surface area contributed by atoms with E-state index in [4.69, 9.17) is 30.5 Å². The molecule has 0 aliphatic carbocycles. The van der Waals surface area contributed by atoms with Crippen LogP contribution in [0.5, 0.6) is 17.2 Å². The minimum Gasteiger partial charge on any atom is -0.493 e. The highest BCUT2D eigenvalue weighted by Crippen LogP contribution is 2.29. The summed E-state index contributed by atoms with van der Waals surface area (Å²) in [5.74, 6) is 1.97. The first-order valence-electron chi connectivity index (χ1n) is 11.6. The molecular weight excluding hydrogens is 470 g/mol. The van der Waals surface area contributed by atoms with Crippen molar-refractivity contribution in [3.05, 3.63) is 71.0 Å².